The second kappa shape index (κ2) is 8.25. The highest BCUT2D eigenvalue weighted by Gasteiger charge is 2.31. The summed E-state index contributed by atoms with van der Waals surface area (Å²) in [6, 6.07) is 7.78. The van der Waals surface area contributed by atoms with Crippen LogP contribution in [0.3, 0.4) is 0 Å². The molecule has 0 spiro atoms. The number of aromatic amines is 1. The van der Waals surface area contributed by atoms with Crippen LogP contribution in [0, 0.1) is 5.92 Å². The van der Waals surface area contributed by atoms with Crippen molar-refractivity contribution >= 4 is 5.91 Å². The van der Waals surface area contributed by atoms with Gasteiger partial charge in [-0.3, -0.25) is 9.89 Å². The molecule has 140 valence electrons. The number of hydrogen-bond donors (Lipinski definition) is 1. The Morgan fingerprint density at radius 3 is 2.62 bits per heavy atom. The van der Waals surface area contributed by atoms with Crippen molar-refractivity contribution in [3.63, 3.8) is 0 Å². The molecule has 1 fully saturated rings. The Morgan fingerprint density at radius 1 is 1.19 bits per heavy atom. The van der Waals surface area contributed by atoms with Gasteiger partial charge in [0, 0.05) is 18.8 Å². The molecule has 1 heterocycles. The number of methoxy groups -OCH3 is 2. The van der Waals surface area contributed by atoms with E-state index in [1.165, 1.54) is 6.42 Å². The van der Waals surface area contributed by atoms with Crippen molar-refractivity contribution in [2.24, 2.45) is 5.92 Å². The van der Waals surface area contributed by atoms with Crippen molar-refractivity contribution in [3.05, 3.63) is 41.7 Å². The SMILES string of the molecule is COc1ccc(CN(C(=O)c2ccn[nH]2)[C@@H]2CCCC[C@H]2C)cc1OC. The van der Waals surface area contributed by atoms with E-state index in [1.54, 1.807) is 26.5 Å². The van der Waals surface area contributed by atoms with Crippen LogP contribution in [0.4, 0.5) is 0 Å². The molecule has 0 radical (unpaired) electrons. The predicted molar refractivity (Wildman–Crippen MR) is 99.4 cm³/mol. The summed E-state index contributed by atoms with van der Waals surface area (Å²) >= 11 is 0. The number of nitrogens with zero attached hydrogens (tertiary/aromatic N) is 2. The van der Waals surface area contributed by atoms with Gasteiger partial charge in [-0.05, 0) is 42.5 Å². The third kappa shape index (κ3) is 3.84. The number of benzene rings is 1. The van der Waals surface area contributed by atoms with Crippen LogP contribution in [0.1, 0.15) is 48.7 Å². The Morgan fingerprint density at radius 2 is 1.96 bits per heavy atom. The van der Waals surface area contributed by atoms with E-state index in [-0.39, 0.29) is 11.9 Å². The van der Waals surface area contributed by atoms with Crippen molar-refractivity contribution in [3.8, 4) is 11.5 Å². The van der Waals surface area contributed by atoms with Gasteiger partial charge >= 0.3 is 0 Å². The maximum absolute atomic E-state index is 13.1. The predicted octanol–water partition coefficient (Wildman–Crippen LogP) is 3.65. The lowest BCUT2D eigenvalue weighted by molar-refractivity contribution is 0.0522. The largest absolute Gasteiger partial charge is 0.493 e. The molecule has 2 aromatic rings. The normalized spacial score (nSPS) is 19.8. The van der Waals surface area contributed by atoms with E-state index in [0.29, 0.717) is 29.7 Å². The van der Waals surface area contributed by atoms with Crippen molar-refractivity contribution in [2.45, 2.75) is 45.2 Å². The van der Waals surface area contributed by atoms with E-state index < -0.39 is 0 Å². The molecule has 2 atom stereocenters. The fourth-order valence-corrected chi connectivity index (χ4v) is 3.80. The van der Waals surface area contributed by atoms with Crippen molar-refractivity contribution in [2.75, 3.05) is 14.2 Å². The molecule has 3 rings (SSSR count). The number of hydrogen-bond acceptors (Lipinski definition) is 4. The zero-order valence-electron chi connectivity index (χ0n) is 15.7. The van der Waals surface area contributed by atoms with Gasteiger partial charge in [-0.15, -0.1) is 0 Å². The van der Waals surface area contributed by atoms with Gasteiger partial charge in [0.2, 0.25) is 0 Å². The first kappa shape index (κ1) is 18.3. The maximum atomic E-state index is 13.1. The summed E-state index contributed by atoms with van der Waals surface area (Å²) in [5.41, 5.74) is 1.55. The maximum Gasteiger partial charge on any atom is 0.272 e. The molecule has 1 aromatic heterocycles. The lowest BCUT2D eigenvalue weighted by Crippen LogP contribution is -2.45. The van der Waals surface area contributed by atoms with E-state index in [2.05, 4.69) is 17.1 Å². The molecule has 26 heavy (non-hydrogen) atoms. The van der Waals surface area contributed by atoms with Crippen LogP contribution in [-0.2, 0) is 6.54 Å². The average Bonchev–Trinajstić information content (AvgIpc) is 3.21. The van der Waals surface area contributed by atoms with E-state index in [0.717, 1.165) is 24.8 Å². The van der Waals surface area contributed by atoms with E-state index in [9.17, 15) is 4.79 Å². The Labute approximate surface area is 154 Å². The lowest BCUT2D eigenvalue weighted by Gasteiger charge is -2.38. The molecule has 1 aliphatic rings. The lowest BCUT2D eigenvalue weighted by atomic mass is 9.84. The highest BCUT2D eigenvalue weighted by molar-refractivity contribution is 5.92. The number of H-pyrrole nitrogens is 1. The Hall–Kier alpha value is -2.50. The van der Waals surface area contributed by atoms with Crippen LogP contribution in [0.15, 0.2) is 30.5 Å². The zero-order valence-corrected chi connectivity index (χ0v) is 15.7. The Bertz CT molecular complexity index is 730. The molecule has 6 heteroatoms. The highest BCUT2D eigenvalue weighted by atomic mass is 16.5. The average molecular weight is 357 g/mol. The van der Waals surface area contributed by atoms with Gasteiger partial charge in [-0.2, -0.15) is 5.10 Å². The van der Waals surface area contributed by atoms with Crippen LogP contribution in [0.25, 0.3) is 0 Å². The molecular formula is C20H27N3O3. The van der Waals surface area contributed by atoms with Gasteiger partial charge in [0.05, 0.1) is 14.2 Å². The van der Waals surface area contributed by atoms with Gasteiger partial charge in [-0.25, -0.2) is 0 Å². The smallest absolute Gasteiger partial charge is 0.272 e. The summed E-state index contributed by atoms with van der Waals surface area (Å²) in [5, 5.41) is 6.75. The molecule has 1 amide bonds. The number of nitrogens with one attached hydrogen (secondary N) is 1. The molecule has 1 aliphatic carbocycles. The van der Waals surface area contributed by atoms with Gasteiger partial charge in [0.15, 0.2) is 11.5 Å². The number of carbonyl (C=O) groups excluding carboxylic acids is 1. The number of amides is 1. The van der Waals surface area contributed by atoms with Crippen molar-refractivity contribution in [1.82, 2.24) is 15.1 Å². The van der Waals surface area contributed by atoms with Crippen LogP contribution in [0.2, 0.25) is 0 Å². The molecule has 0 saturated heterocycles. The van der Waals surface area contributed by atoms with Crippen LogP contribution in [0.5, 0.6) is 11.5 Å². The monoisotopic (exact) mass is 357 g/mol. The third-order valence-electron chi connectivity index (χ3n) is 5.26. The molecule has 1 aromatic carbocycles. The minimum Gasteiger partial charge on any atom is -0.493 e. The summed E-state index contributed by atoms with van der Waals surface area (Å²) < 4.78 is 10.7. The van der Waals surface area contributed by atoms with E-state index in [1.807, 2.05) is 23.1 Å². The number of rotatable bonds is 6. The van der Waals surface area contributed by atoms with Crippen LogP contribution < -0.4 is 9.47 Å². The summed E-state index contributed by atoms with van der Waals surface area (Å²) in [6.45, 7) is 2.78. The second-order valence-corrected chi connectivity index (χ2v) is 6.92. The standard InChI is InChI=1S/C20H27N3O3/c1-14-6-4-5-7-17(14)23(20(24)16-10-11-21-22-16)13-15-8-9-18(25-2)19(12-15)26-3/h8-12,14,17H,4-7,13H2,1-3H3,(H,21,22)/t14-,17-/m1/s1. The summed E-state index contributed by atoms with van der Waals surface area (Å²) in [7, 11) is 3.24. The zero-order chi connectivity index (χ0) is 18.5. The minimum absolute atomic E-state index is 0.00367. The molecule has 0 aliphatic heterocycles. The quantitative estimate of drug-likeness (QED) is 0.857. The molecule has 0 unspecified atom stereocenters. The summed E-state index contributed by atoms with van der Waals surface area (Å²) in [4.78, 5) is 15.1. The van der Waals surface area contributed by atoms with E-state index >= 15 is 0 Å². The van der Waals surface area contributed by atoms with Crippen molar-refractivity contribution in [1.29, 1.82) is 0 Å². The molecule has 0 bridgehead atoms. The number of carbonyl (C=O) groups is 1. The topological polar surface area (TPSA) is 67.5 Å². The molecule has 1 saturated carbocycles. The first-order valence-electron chi connectivity index (χ1n) is 9.15. The van der Waals surface area contributed by atoms with Gasteiger partial charge in [0.25, 0.3) is 5.91 Å². The molecule has 1 N–H and O–H groups in total. The highest BCUT2D eigenvalue weighted by Crippen LogP contribution is 2.32. The fraction of sp³-hybridized carbons (Fsp3) is 0.500. The number of aromatic nitrogens is 2. The fourth-order valence-electron chi connectivity index (χ4n) is 3.80. The second-order valence-electron chi connectivity index (χ2n) is 6.92. The Balaban J connectivity index is 1.89. The van der Waals surface area contributed by atoms with Gasteiger partial charge < -0.3 is 14.4 Å². The van der Waals surface area contributed by atoms with E-state index in [4.69, 9.17) is 9.47 Å². The van der Waals surface area contributed by atoms with Crippen molar-refractivity contribution < 1.29 is 14.3 Å². The first-order valence-corrected chi connectivity index (χ1v) is 9.15. The minimum atomic E-state index is -0.00367. The summed E-state index contributed by atoms with van der Waals surface area (Å²) in [5.74, 6) is 1.84. The van der Waals surface area contributed by atoms with Gasteiger partial charge in [-0.1, -0.05) is 25.8 Å². The van der Waals surface area contributed by atoms with Gasteiger partial charge in [0.1, 0.15) is 5.69 Å². The van der Waals surface area contributed by atoms with Crippen LogP contribution in [-0.4, -0.2) is 41.3 Å². The first-order chi connectivity index (χ1) is 12.6. The Kier molecular flexibility index (Phi) is 5.81. The molecule has 6 nitrogen and oxygen atoms in total. The summed E-state index contributed by atoms with van der Waals surface area (Å²) in [6.07, 6.45) is 6.21. The molecular weight excluding hydrogens is 330 g/mol. The van der Waals surface area contributed by atoms with Crippen LogP contribution >= 0.6 is 0 Å². The number of ether oxygens (including phenoxy) is 2. The third-order valence-corrected chi connectivity index (χ3v) is 5.26.